The van der Waals surface area contributed by atoms with Crippen LogP contribution >= 0.6 is 0 Å². The van der Waals surface area contributed by atoms with Crippen molar-refractivity contribution in [2.24, 2.45) is 0 Å². The molecule has 7 nitrogen and oxygen atoms in total. The number of aryl methyl sites for hydroxylation is 2. The van der Waals surface area contributed by atoms with Crippen molar-refractivity contribution in [1.82, 2.24) is 0 Å². The number of nitro groups is 1. The highest BCUT2D eigenvalue weighted by molar-refractivity contribution is 5.87. The molecule has 0 aromatic heterocycles. The van der Waals surface area contributed by atoms with Crippen molar-refractivity contribution in [2.45, 2.75) is 40.2 Å². The Labute approximate surface area is 152 Å². The Kier molecular flexibility index (Phi) is 5.50. The van der Waals surface area contributed by atoms with E-state index >= 15 is 0 Å². The van der Waals surface area contributed by atoms with Gasteiger partial charge < -0.3 is 9.47 Å². The van der Waals surface area contributed by atoms with Gasteiger partial charge in [0, 0.05) is 6.07 Å². The van der Waals surface area contributed by atoms with Gasteiger partial charge in [0.15, 0.2) is 0 Å². The van der Waals surface area contributed by atoms with Crippen molar-refractivity contribution < 1.29 is 19.2 Å². The van der Waals surface area contributed by atoms with Gasteiger partial charge in [-0.25, -0.2) is 4.79 Å². The van der Waals surface area contributed by atoms with Crippen LogP contribution in [0.1, 0.15) is 31.9 Å². The topological polar surface area (TPSA) is 90.7 Å². The molecule has 0 saturated carbocycles. The molecule has 0 atom stereocenters. The summed E-state index contributed by atoms with van der Waals surface area (Å²) in [5, 5.41) is 13.8. The van der Waals surface area contributed by atoms with Gasteiger partial charge in [-0.1, -0.05) is 12.1 Å². The number of carbonyl (C=O) groups is 1. The first-order valence-electron chi connectivity index (χ1n) is 8.09. The summed E-state index contributed by atoms with van der Waals surface area (Å²) in [7, 11) is 0. The van der Waals surface area contributed by atoms with E-state index in [2.05, 4.69) is 5.32 Å². The zero-order chi connectivity index (χ0) is 19.5. The summed E-state index contributed by atoms with van der Waals surface area (Å²) in [5.41, 5.74) is 1.42. The molecule has 1 N–H and O–H groups in total. The van der Waals surface area contributed by atoms with E-state index in [1.807, 2.05) is 13.8 Å². The van der Waals surface area contributed by atoms with E-state index in [1.165, 1.54) is 12.1 Å². The van der Waals surface area contributed by atoms with Crippen LogP contribution in [0, 0.1) is 24.0 Å². The third-order valence-electron chi connectivity index (χ3n) is 3.42. The molecular weight excluding hydrogens is 336 g/mol. The van der Waals surface area contributed by atoms with Crippen LogP contribution in [0.2, 0.25) is 0 Å². The zero-order valence-electron chi connectivity index (χ0n) is 15.5. The number of hydrogen-bond donors (Lipinski definition) is 1. The summed E-state index contributed by atoms with van der Waals surface area (Å²) in [6.07, 6.45) is -0.545. The molecule has 26 heavy (non-hydrogen) atoms. The van der Waals surface area contributed by atoms with E-state index in [0.29, 0.717) is 11.4 Å². The molecule has 0 unspecified atom stereocenters. The standard InChI is InChI=1S/C19H22N2O5/c1-12-10-14(25-16-9-7-6-8-15(16)21(23)24)11-13(2)17(12)20-18(22)26-19(3,4)5/h6-11H,1-5H3,(H,20,22). The SMILES string of the molecule is Cc1cc(Oc2ccccc2[N+](=O)[O-])cc(C)c1NC(=O)OC(C)(C)C. The van der Waals surface area contributed by atoms with Crippen LogP contribution in [0.15, 0.2) is 36.4 Å². The minimum absolute atomic E-state index is 0.112. The van der Waals surface area contributed by atoms with Gasteiger partial charge >= 0.3 is 11.8 Å². The van der Waals surface area contributed by atoms with Crippen LogP contribution < -0.4 is 10.1 Å². The van der Waals surface area contributed by atoms with E-state index in [9.17, 15) is 14.9 Å². The van der Waals surface area contributed by atoms with Crippen molar-refractivity contribution >= 4 is 17.5 Å². The number of amides is 1. The number of carbonyl (C=O) groups excluding carboxylic acids is 1. The number of anilines is 1. The largest absolute Gasteiger partial charge is 0.450 e. The third-order valence-corrected chi connectivity index (χ3v) is 3.42. The second-order valence-electron chi connectivity index (χ2n) is 6.89. The molecule has 1 amide bonds. The summed E-state index contributed by atoms with van der Waals surface area (Å²) in [6.45, 7) is 8.99. The number of hydrogen-bond acceptors (Lipinski definition) is 5. The molecule has 0 aliphatic carbocycles. The monoisotopic (exact) mass is 358 g/mol. The minimum Gasteiger partial charge on any atom is -0.450 e. The minimum atomic E-state index is -0.596. The van der Waals surface area contributed by atoms with E-state index in [0.717, 1.165) is 11.1 Å². The quantitative estimate of drug-likeness (QED) is 0.587. The second kappa shape index (κ2) is 7.43. The highest BCUT2D eigenvalue weighted by Gasteiger charge is 2.19. The number of ether oxygens (including phenoxy) is 2. The van der Waals surface area contributed by atoms with Gasteiger partial charge in [0.05, 0.1) is 10.6 Å². The van der Waals surface area contributed by atoms with Crippen LogP contribution in [-0.4, -0.2) is 16.6 Å². The van der Waals surface area contributed by atoms with Crippen molar-refractivity contribution in [2.75, 3.05) is 5.32 Å². The first-order valence-corrected chi connectivity index (χ1v) is 8.09. The van der Waals surface area contributed by atoms with Crippen molar-refractivity contribution in [1.29, 1.82) is 0 Å². The van der Waals surface area contributed by atoms with Gasteiger partial charge in [-0.05, 0) is 63.9 Å². The molecule has 0 aliphatic rings. The summed E-state index contributed by atoms with van der Waals surface area (Å²) in [4.78, 5) is 22.6. The smallest absolute Gasteiger partial charge is 0.412 e. The molecule has 0 radical (unpaired) electrons. The lowest BCUT2D eigenvalue weighted by molar-refractivity contribution is -0.385. The number of benzene rings is 2. The van der Waals surface area contributed by atoms with Gasteiger partial charge in [-0.3, -0.25) is 15.4 Å². The van der Waals surface area contributed by atoms with Crippen molar-refractivity contribution in [3.05, 3.63) is 57.6 Å². The molecule has 2 rings (SSSR count). The summed E-state index contributed by atoms with van der Waals surface area (Å²) < 4.78 is 11.0. The molecule has 0 bridgehead atoms. The van der Waals surface area contributed by atoms with Gasteiger partial charge in [0.1, 0.15) is 11.4 Å². The summed E-state index contributed by atoms with van der Waals surface area (Å²) in [5.74, 6) is 0.605. The number of rotatable bonds is 4. The van der Waals surface area contributed by atoms with Gasteiger partial charge in [-0.2, -0.15) is 0 Å². The Hall–Kier alpha value is -3.09. The van der Waals surface area contributed by atoms with Crippen LogP contribution in [-0.2, 0) is 4.74 Å². The predicted molar refractivity (Wildman–Crippen MR) is 98.9 cm³/mol. The Morgan fingerprint density at radius 3 is 2.23 bits per heavy atom. The molecular formula is C19H22N2O5. The predicted octanol–water partition coefficient (Wildman–Crippen LogP) is 5.35. The molecule has 138 valence electrons. The maximum absolute atomic E-state index is 12.0. The fourth-order valence-corrected chi connectivity index (χ4v) is 2.41. The van der Waals surface area contributed by atoms with Crippen molar-refractivity contribution in [3.63, 3.8) is 0 Å². The highest BCUT2D eigenvalue weighted by atomic mass is 16.6. The summed E-state index contributed by atoms with van der Waals surface area (Å²) >= 11 is 0. The Balaban J connectivity index is 2.25. The molecule has 0 aliphatic heterocycles. The van der Waals surface area contributed by atoms with Crippen LogP contribution in [0.5, 0.6) is 11.5 Å². The first-order chi connectivity index (χ1) is 12.1. The first kappa shape index (κ1) is 19.2. The maximum atomic E-state index is 12.0. The molecule has 0 spiro atoms. The molecule has 0 heterocycles. The van der Waals surface area contributed by atoms with Gasteiger partial charge in [-0.15, -0.1) is 0 Å². The lowest BCUT2D eigenvalue weighted by Gasteiger charge is -2.21. The Morgan fingerprint density at radius 1 is 1.12 bits per heavy atom. The molecule has 0 saturated heterocycles. The number of nitro benzene ring substituents is 1. The lowest BCUT2D eigenvalue weighted by atomic mass is 10.1. The maximum Gasteiger partial charge on any atom is 0.412 e. The zero-order valence-corrected chi connectivity index (χ0v) is 15.5. The van der Waals surface area contributed by atoms with E-state index in [-0.39, 0.29) is 11.4 Å². The third kappa shape index (κ3) is 4.95. The van der Waals surface area contributed by atoms with Gasteiger partial charge in [0.25, 0.3) is 0 Å². The normalized spacial score (nSPS) is 11.0. The highest BCUT2D eigenvalue weighted by Crippen LogP contribution is 2.34. The lowest BCUT2D eigenvalue weighted by Crippen LogP contribution is -2.27. The van der Waals surface area contributed by atoms with Crippen molar-refractivity contribution in [3.8, 4) is 11.5 Å². The number of nitrogens with one attached hydrogen (secondary N) is 1. The van der Waals surface area contributed by atoms with Crippen LogP contribution in [0.3, 0.4) is 0 Å². The fourth-order valence-electron chi connectivity index (χ4n) is 2.41. The number of para-hydroxylation sites is 2. The fraction of sp³-hybridized carbons (Fsp3) is 0.316. The molecule has 2 aromatic rings. The van der Waals surface area contributed by atoms with Crippen LogP contribution in [0.4, 0.5) is 16.2 Å². The average Bonchev–Trinajstić information content (AvgIpc) is 2.49. The van der Waals surface area contributed by atoms with E-state index in [4.69, 9.17) is 9.47 Å². The Bertz CT molecular complexity index is 817. The second-order valence-corrected chi connectivity index (χ2v) is 6.89. The van der Waals surface area contributed by atoms with Gasteiger partial charge in [0.2, 0.25) is 5.75 Å². The average molecular weight is 358 g/mol. The van der Waals surface area contributed by atoms with Crippen LogP contribution in [0.25, 0.3) is 0 Å². The number of nitrogens with zero attached hydrogens (tertiary/aromatic N) is 1. The molecule has 2 aromatic carbocycles. The van der Waals surface area contributed by atoms with E-state index < -0.39 is 16.6 Å². The molecule has 7 heteroatoms. The summed E-state index contributed by atoms with van der Waals surface area (Å²) in [6, 6.07) is 9.58. The van der Waals surface area contributed by atoms with E-state index in [1.54, 1.807) is 45.0 Å². The Morgan fingerprint density at radius 2 is 1.69 bits per heavy atom. The molecule has 0 fully saturated rings.